The van der Waals surface area contributed by atoms with Crippen LogP contribution in [-0.4, -0.2) is 37.0 Å². The fourth-order valence-electron chi connectivity index (χ4n) is 1.22. The molecule has 0 amide bonds. The van der Waals surface area contributed by atoms with Gasteiger partial charge in [-0.15, -0.1) is 0 Å². The Balaban J connectivity index is 4.09. The molecule has 3 N–H and O–H groups in total. The van der Waals surface area contributed by atoms with E-state index in [4.69, 9.17) is 14.2 Å². The summed E-state index contributed by atoms with van der Waals surface area (Å²) in [6.45, 7) is 0. The van der Waals surface area contributed by atoms with Crippen LogP contribution in [0.25, 0.3) is 0 Å². The lowest BCUT2D eigenvalue weighted by Gasteiger charge is -2.06. The predicted molar refractivity (Wildman–Crippen MR) is 67.1 cm³/mol. The molecule has 1 rings (SSSR count). The largest absolute Gasteiger partial charge is 0.478 e. The maximum absolute atomic E-state index is 11.0. The third-order valence-corrected chi connectivity index (χ3v) is 6.09. The molecule has 0 heterocycles. The van der Waals surface area contributed by atoms with Gasteiger partial charge in [0, 0.05) is 0 Å². The van der Waals surface area contributed by atoms with Gasteiger partial charge < -0.3 is 5.11 Å². The Morgan fingerprint density at radius 3 is 1.80 bits per heavy atom. The SMILES string of the molecule is O=C(O)c1cc(S(=O)(=O)O)cc(S(=O)(=O)O)c1I(=O)=O. The predicted octanol–water partition coefficient (Wildman–Crippen LogP) is 0.245. The van der Waals surface area contributed by atoms with Crippen LogP contribution in [0.1, 0.15) is 10.4 Å². The number of carboxylic acids is 1. The summed E-state index contributed by atoms with van der Waals surface area (Å²) in [4.78, 5) is 8.29. The Bertz CT molecular complexity index is 853. The zero-order chi connectivity index (χ0) is 15.9. The lowest BCUT2D eigenvalue weighted by atomic mass is 10.2. The molecule has 20 heavy (non-hydrogen) atoms. The van der Waals surface area contributed by atoms with Gasteiger partial charge in [-0.05, 0) is 12.1 Å². The molecule has 0 aromatic heterocycles. The van der Waals surface area contributed by atoms with Crippen LogP contribution in [0.2, 0.25) is 0 Å². The second-order valence-electron chi connectivity index (χ2n) is 3.26. The van der Waals surface area contributed by atoms with Crippen molar-refractivity contribution in [1.82, 2.24) is 0 Å². The first-order valence-corrected chi connectivity index (χ1v) is 9.99. The Kier molecular flexibility index (Phi) is 4.49. The van der Waals surface area contributed by atoms with E-state index in [-0.39, 0.29) is 12.1 Å². The van der Waals surface area contributed by atoms with Crippen molar-refractivity contribution in [3.05, 3.63) is 21.3 Å². The smallest absolute Gasteiger partial charge is 0.343 e. The standard InChI is InChI=1S/C7H5IO10S2/c9-7(10)4-1-3(19(13,14)15)2-5(20(16,17)18)6(4)8(11)12/h1-2H,(H,9,10)(H,13,14,15)(H,16,17,18). The van der Waals surface area contributed by atoms with Gasteiger partial charge in [-0.25, -0.2) is 10.9 Å². The Morgan fingerprint density at radius 2 is 1.50 bits per heavy atom. The normalized spacial score (nSPS) is 12.6. The van der Waals surface area contributed by atoms with Crippen LogP contribution in [0.15, 0.2) is 21.9 Å². The minimum atomic E-state index is -5.22. The first-order chi connectivity index (χ1) is 8.85. The second-order valence-corrected chi connectivity index (χ2v) is 8.39. The lowest BCUT2D eigenvalue weighted by molar-refractivity contribution is 0.0695. The summed E-state index contributed by atoms with van der Waals surface area (Å²) in [5, 5.41) is 8.79. The zero-order valence-electron chi connectivity index (χ0n) is 9.05. The molecule has 1 aromatic rings. The van der Waals surface area contributed by atoms with Crippen LogP contribution in [0.4, 0.5) is 0 Å². The molecular weight excluding hydrogens is 435 g/mol. The van der Waals surface area contributed by atoms with Crippen molar-refractivity contribution in [2.75, 3.05) is 0 Å². The molecule has 0 unspecified atom stereocenters. The van der Waals surface area contributed by atoms with E-state index in [0.717, 1.165) is 0 Å². The molecule has 0 saturated heterocycles. The van der Waals surface area contributed by atoms with Gasteiger partial charge in [0.25, 0.3) is 20.2 Å². The highest BCUT2D eigenvalue weighted by Crippen LogP contribution is 2.31. The number of benzene rings is 1. The van der Waals surface area contributed by atoms with Gasteiger partial charge >= 0.3 is 25.8 Å². The molecule has 1 aromatic carbocycles. The van der Waals surface area contributed by atoms with Gasteiger partial charge in [0.05, 0.1) is 10.5 Å². The molecule has 0 atom stereocenters. The van der Waals surface area contributed by atoms with E-state index in [9.17, 15) is 27.8 Å². The highest BCUT2D eigenvalue weighted by Gasteiger charge is 2.29. The molecule has 0 fully saturated rings. The van der Waals surface area contributed by atoms with Gasteiger partial charge in [-0.2, -0.15) is 16.8 Å². The van der Waals surface area contributed by atoms with E-state index in [1.165, 1.54) is 0 Å². The van der Waals surface area contributed by atoms with Gasteiger partial charge in [0.15, 0.2) is 0 Å². The molecule has 0 saturated carbocycles. The molecule has 13 heteroatoms. The molecule has 0 aliphatic rings. The Labute approximate surface area is 119 Å². The number of halogens is 1. The summed E-state index contributed by atoms with van der Waals surface area (Å²) in [5.74, 6) is -1.94. The molecule has 10 nitrogen and oxygen atoms in total. The number of hydrogen-bond donors (Lipinski definition) is 3. The van der Waals surface area contributed by atoms with Crippen molar-refractivity contribution in [2.45, 2.75) is 9.79 Å². The van der Waals surface area contributed by atoms with Crippen LogP contribution in [-0.2, 0) is 26.4 Å². The zero-order valence-corrected chi connectivity index (χ0v) is 12.8. The Hall–Kier alpha value is -1.16. The van der Waals surface area contributed by atoms with E-state index in [0.29, 0.717) is 0 Å². The van der Waals surface area contributed by atoms with E-state index < -0.39 is 64.9 Å². The van der Waals surface area contributed by atoms with Crippen molar-refractivity contribution in [1.29, 1.82) is 0 Å². The number of rotatable bonds is 4. The van der Waals surface area contributed by atoms with Gasteiger partial charge in [0.1, 0.15) is 8.47 Å². The van der Waals surface area contributed by atoms with Crippen molar-refractivity contribution in [3.63, 3.8) is 0 Å². The third-order valence-electron chi connectivity index (χ3n) is 1.97. The summed E-state index contributed by atoms with van der Waals surface area (Å²) < 4.78 is 82.4. The van der Waals surface area contributed by atoms with Gasteiger partial charge in [-0.1, -0.05) is 0 Å². The van der Waals surface area contributed by atoms with Crippen LogP contribution >= 0.6 is 19.8 Å². The summed E-state index contributed by atoms with van der Waals surface area (Å²) >= 11 is -4.72. The minimum absolute atomic E-state index is 0.159. The average Bonchev–Trinajstić information content (AvgIpc) is 2.24. The Morgan fingerprint density at radius 1 is 1.00 bits per heavy atom. The summed E-state index contributed by atoms with van der Waals surface area (Å²) in [6, 6.07) is 0.439. The summed E-state index contributed by atoms with van der Waals surface area (Å²) in [6.07, 6.45) is 0. The number of carboxylic acid groups (broad SMARTS) is 1. The third kappa shape index (κ3) is 3.48. The summed E-state index contributed by atoms with van der Waals surface area (Å²) in [7, 11) is -10.2. The van der Waals surface area contributed by atoms with Crippen LogP contribution in [0, 0.1) is 3.57 Å². The maximum Gasteiger partial charge on any atom is 0.343 e. The van der Waals surface area contributed by atoms with E-state index in [2.05, 4.69) is 0 Å². The van der Waals surface area contributed by atoms with Crippen molar-refractivity contribution in [3.8, 4) is 0 Å². The summed E-state index contributed by atoms with van der Waals surface area (Å²) in [5.41, 5.74) is -1.18. The van der Waals surface area contributed by atoms with E-state index >= 15 is 0 Å². The second kappa shape index (κ2) is 5.32. The van der Waals surface area contributed by atoms with Crippen molar-refractivity contribution < 1.29 is 42.0 Å². The molecule has 112 valence electrons. The van der Waals surface area contributed by atoms with Crippen LogP contribution in [0.5, 0.6) is 0 Å². The lowest BCUT2D eigenvalue weighted by Crippen LogP contribution is -2.11. The topological polar surface area (TPSA) is 180 Å². The minimum Gasteiger partial charge on any atom is -0.478 e. The first kappa shape index (κ1) is 16.9. The number of hydrogen-bond acceptors (Lipinski definition) is 7. The van der Waals surface area contributed by atoms with Gasteiger partial charge in [0.2, 0.25) is 0 Å². The van der Waals surface area contributed by atoms with E-state index in [1.54, 1.807) is 0 Å². The fourth-order valence-corrected chi connectivity index (χ4v) is 5.15. The highest BCUT2D eigenvalue weighted by atomic mass is 127. The number of aromatic carboxylic acids is 1. The monoisotopic (exact) mass is 440 g/mol. The quantitative estimate of drug-likeness (QED) is 0.434. The van der Waals surface area contributed by atoms with Gasteiger partial charge in [-0.3, -0.25) is 9.11 Å². The molecular formula is C7H5IO10S2. The van der Waals surface area contributed by atoms with Crippen molar-refractivity contribution >= 4 is 46.0 Å². The van der Waals surface area contributed by atoms with Crippen LogP contribution < -0.4 is 0 Å². The maximum atomic E-state index is 11.0. The first-order valence-electron chi connectivity index (χ1n) is 4.27. The fraction of sp³-hybridized carbons (Fsp3) is 0. The van der Waals surface area contributed by atoms with Crippen LogP contribution in [0.3, 0.4) is 0 Å². The molecule has 0 spiro atoms. The van der Waals surface area contributed by atoms with E-state index in [1.807, 2.05) is 0 Å². The molecule has 0 aliphatic heterocycles. The van der Waals surface area contributed by atoms with Crippen molar-refractivity contribution in [2.24, 2.45) is 0 Å². The highest BCUT2D eigenvalue weighted by molar-refractivity contribution is 14.2. The molecule has 0 radical (unpaired) electrons. The number of carbonyl (C=O) groups is 1. The average molecular weight is 440 g/mol. The molecule has 0 bridgehead atoms. The molecule has 0 aliphatic carbocycles.